The molecule has 0 aliphatic heterocycles. The number of aromatic nitrogens is 1. The molecule has 0 fully saturated rings. The SMILES string of the molecule is CC(C)(C)c1cccnc1Oc1ccc(F)cc1. The van der Waals surface area contributed by atoms with E-state index < -0.39 is 0 Å². The van der Waals surface area contributed by atoms with Gasteiger partial charge >= 0.3 is 0 Å². The minimum Gasteiger partial charge on any atom is -0.439 e. The lowest BCUT2D eigenvalue weighted by Gasteiger charge is -2.21. The summed E-state index contributed by atoms with van der Waals surface area (Å²) in [6, 6.07) is 9.81. The van der Waals surface area contributed by atoms with Crippen molar-refractivity contribution in [3.8, 4) is 11.6 Å². The molecule has 0 aliphatic rings. The van der Waals surface area contributed by atoms with Gasteiger partial charge in [-0.2, -0.15) is 0 Å². The van der Waals surface area contributed by atoms with Crippen LogP contribution in [-0.4, -0.2) is 4.98 Å². The van der Waals surface area contributed by atoms with Gasteiger partial charge in [-0.15, -0.1) is 0 Å². The molecule has 0 saturated carbocycles. The molecule has 2 aromatic rings. The summed E-state index contributed by atoms with van der Waals surface area (Å²) >= 11 is 0. The highest BCUT2D eigenvalue weighted by atomic mass is 19.1. The highest BCUT2D eigenvalue weighted by molar-refractivity contribution is 5.36. The fraction of sp³-hybridized carbons (Fsp3) is 0.267. The second-order valence-electron chi connectivity index (χ2n) is 5.16. The van der Waals surface area contributed by atoms with Crippen LogP contribution in [0.3, 0.4) is 0 Å². The lowest BCUT2D eigenvalue weighted by atomic mass is 9.88. The fourth-order valence-electron chi connectivity index (χ4n) is 1.66. The van der Waals surface area contributed by atoms with E-state index in [1.165, 1.54) is 12.1 Å². The second-order valence-corrected chi connectivity index (χ2v) is 5.16. The molecule has 18 heavy (non-hydrogen) atoms. The van der Waals surface area contributed by atoms with Crippen molar-refractivity contribution in [3.63, 3.8) is 0 Å². The van der Waals surface area contributed by atoms with Crippen LogP contribution < -0.4 is 4.74 Å². The fourth-order valence-corrected chi connectivity index (χ4v) is 1.66. The molecular formula is C15H16FNO. The van der Waals surface area contributed by atoms with Crippen molar-refractivity contribution < 1.29 is 9.13 Å². The first-order chi connectivity index (χ1) is 8.47. The lowest BCUT2D eigenvalue weighted by molar-refractivity contribution is 0.435. The number of rotatable bonds is 2. The zero-order chi connectivity index (χ0) is 13.2. The summed E-state index contributed by atoms with van der Waals surface area (Å²) in [4.78, 5) is 4.25. The Labute approximate surface area is 106 Å². The molecule has 1 heterocycles. The predicted molar refractivity (Wildman–Crippen MR) is 69.4 cm³/mol. The molecule has 1 aromatic heterocycles. The third-order valence-electron chi connectivity index (χ3n) is 2.61. The van der Waals surface area contributed by atoms with Crippen molar-refractivity contribution in [2.45, 2.75) is 26.2 Å². The molecule has 0 bridgehead atoms. The first-order valence-electron chi connectivity index (χ1n) is 5.86. The van der Waals surface area contributed by atoms with E-state index in [-0.39, 0.29) is 11.2 Å². The summed E-state index contributed by atoms with van der Waals surface area (Å²) < 4.78 is 18.5. The van der Waals surface area contributed by atoms with Crippen molar-refractivity contribution in [1.82, 2.24) is 4.98 Å². The van der Waals surface area contributed by atoms with Crippen LogP contribution in [0.5, 0.6) is 11.6 Å². The predicted octanol–water partition coefficient (Wildman–Crippen LogP) is 4.31. The maximum atomic E-state index is 12.8. The van der Waals surface area contributed by atoms with E-state index in [2.05, 4.69) is 25.8 Å². The summed E-state index contributed by atoms with van der Waals surface area (Å²) in [6.45, 7) is 6.30. The van der Waals surface area contributed by atoms with Gasteiger partial charge in [0.1, 0.15) is 11.6 Å². The molecule has 0 amide bonds. The maximum Gasteiger partial charge on any atom is 0.222 e. The molecule has 3 heteroatoms. The Bertz CT molecular complexity index is 529. The van der Waals surface area contributed by atoms with Gasteiger partial charge in [0.15, 0.2) is 0 Å². The van der Waals surface area contributed by atoms with Crippen molar-refractivity contribution in [2.75, 3.05) is 0 Å². The van der Waals surface area contributed by atoms with Gasteiger partial charge in [0.2, 0.25) is 5.88 Å². The molecule has 94 valence electrons. The summed E-state index contributed by atoms with van der Waals surface area (Å²) in [5, 5.41) is 0. The van der Waals surface area contributed by atoms with Crippen LogP contribution in [-0.2, 0) is 5.41 Å². The van der Waals surface area contributed by atoms with Crippen molar-refractivity contribution in [1.29, 1.82) is 0 Å². The van der Waals surface area contributed by atoms with Gasteiger partial charge in [-0.3, -0.25) is 0 Å². The molecule has 0 atom stereocenters. The monoisotopic (exact) mass is 245 g/mol. The molecule has 0 N–H and O–H groups in total. The van der Waals surface area contributed by atoms with E-state index in [9.17, 15) is 4.39 Å². The zero-order valence-electron chi connectivity index (χ0n) is 10.8. The van der Waals surface area contributed by atoms with Gasteiger partial charge in [-0.1, -0.05) is 26.8 Å². The third-order valence-corrected chi connectivity index (χ3v) is 2.61. The quantitative estimate of drug-likeness (QED) is 0.786. The largest absolute Gasteiger partial charge is 0.439 e. The Morgan fingerprint density at radius 2 is 1.72 bits per heavy atom. The molecule has 0 aliphatic carbocycles. The average Bonchev–Trinajstić information content (AvgIpc) is 2.31. The van der Waals surface area contributed by atoms with Crippen molar-refractivity contribution in [3.05, 3.63) is 54.0 Å². The van der Waals surface area contributed by atoms with Crippen molar-refractivity contribution in [2.24, 2.45) is 0 Å². The Balaban J connectivity index is 2.32. The maximum absolute atomic E-state index is 12.8. The summed E-state index contributed by atoms with van der Waals surface area (Å²) in [7, 11) is 0. The summed E-state index contributed by atoms with van der Waals surface area (Å²) in [6.07, 6.45) is 1.69. The van der Waals surface area contributed by atoms with Crippen LogP contribution >= 0.6 is 0 Å². The zero-order valence-corrected chi connectivity index (χ0v) is 10.8. The van der Waals surface area contributed by atoms with Gasteiger partial charge in [0, 0.05) is 11.8 Å². The van der Waals surface area contributed by atoms with Gasteiger partial charge in [0.05, 0.1) is 0 Å². The van der Waals surface area contributed by atoms with E-state index in [0.29, 0.717) is 11.6 Å². The number of ether oxygens (including phenoxy) is 1. The Morgan fingerprint density at radius 3 is 2.33 bits per heavy atom. The van der Waals surface area contributed by atoms with Gasteiger partial charge < -0.3 is 4.74 Å². The van der Waals surface area contributed by atoms with E-state index >= 15 is 0 Å². The van der Waals surface area contributed by atoms with Crippen LogP contribution in [0, 0.1) is 5.82 Å². The average molecular weight is 245 g/mol. The standard InChI is InChI=1S/C15H16FNO/c1-15(2,3)13-5-4-10-17-14(13)18-12-8-6-11(16)7-9-12/h4-10H,1-3H3. The molecule has 1 aromatic carbocycles. The molecule has 2 rings (SSSR count). The number of halogens is 1. The van der Waals surface area contributed by atoms with Crippen LogP contribution in [0.2, 0.25) is 0 Å². The van der Waals surface area contributed by atoms with Crippen LogP contribution in [0.4, 0.5) is 4.39 Å². The normalized spacial score (nSPS) is 11.3. The number of nitrogens with zero attached hydrogens (tertiary/aromatic N) is 1. The minimum absolute atomic E-state index is 0.0520. The Kier molecular flexibility index (Phi) is 3.32. The number of hydrogen-bond donors (Lipinski definition) is 0. The van der Waals surface area contributed by atoms with E-state index in [0.717, 1.165) is 5.56 Å². The van der Waals surface area contributed by atoms with Crippen LogP contribution in [0.1, 0.15) is 26.3 Å². The van der Waals surface area contributed by atoms with Crippen molar-refractivity contribution >= 4 is 0 Å². The van der Waals surface area contributed by atoms with Gasteiger partial charge in [-0.05, 0) is 35.7 Å². The topological polar surface area (TPSA) is 22.1 Å². The molecule has 0 unspecified atom stereocenters. The molecule has 0 saturated heterocycles. The summed E-state index contributed by atoms with van der Waals surface area (Å²) in [5.74, 6) is 0.872. The first-order valence-corrected chi connectivity index (χ1v) is 5.86. The van der Waals surface area contributed by atoms with Crippen LogP contribution in [0.15, 0.2) is 42.6 Å². The minimum atomic E-state index is -0.278. The lowest BCUT2D eigenvalue weighted by Crippen LogP contribution is -2.13. The Hall–Kier alpha value is -1.90. The first kappa shape index (κ1) is 12.6. The highest BCUT2D eigenvalue weighted by Crippen LogP contribution is 2.31. The van der Waals surface area contributed by atoms with E-state index in [1.807, 2.05) is 12.1 Å². The molecule has 2 nitrogen and oxygen atoms in total. The van der Waals surface area contributed by atoms with Gasteiger partial charge in [-0.25, -0.2) is 9.37 Å². The highest BCUT2D eigenvalue weighted by Gasteiger charge is 2.19. The third kappa shape index (κ3) is 2.86. The Morgan fingerprint density at radius 1 is 1.06 bits per heavy atom. The van der Waals surface area contributed by atoms with Crippen LogP contribution in [0.25, 0.3) is 0 Å². The number of hydrogen-bond acceptors (Lipinski definition) is 2. The number of benzene rings is 1. The van der Waals surface area contributed by atoms with E-state index in [1.54, 1.807) is 18.3 Å². The number of pyridine rings is 1. The second kappa shape index (κ2) is 4.77. The van der Waals surface area contributed by atoms with Gasteiger partial charge in [0.25, 0.3) is 0 Å². The molecular weight excluding hydrogens is 229 g/mol. The molecule has 0 radical (unpaired) electrons. The summed E-state index contributed by atoms with van der Waals surface area (Å²) in [5.41, 5.74) is 0.971. The smallest absolute Gasteiger partial charge is 0.222 e. The van der Waals surface area contributed by atoms with E-state index in [4.69, 9.17) is 4.74 Å². The molecule has 0 spiro atoms.